The topological polar surface area (TPSA) is 53.5 Å². The Labute approximate surface area is 106 Å². The van der Waals surface area contributed by atoms with Gasteiger partial charge < -0.3 is 9.80 Å². The Morgan fingerprint density at radius 1 is 1.17 bits per heavy atom. The average molecular weight is 247 g/mol. The number of nitrogens with zero attached hydrogens (tertiary/aromatic N) is 3. The number of ketones is 1. The molecule has 1 aliphatic rings. The molecule has 0 aliphatic carbocycles. The largest absolute Gasteiger partial charge is 0.335 e. The van der Waals surface area contributed by atoms with Crippen molar-refractivity contribution in [1.29, 1.82) is 0 Å². The molecule has 0 saturated carbocycles. The molecule has 0 N–H and O–H groups in total. The molecule has 1 amide bonds. The fourth-order valence-corrected chi connectivity index (χ4v) is 1.90. The quantitative estimate of drug-likeness (QED) is 0.721. The molecule has 5 heteroatoms. The molecule has 96 valence electrons. The standard InChI is InChI=1S/C13H17N3O2/c1-10(17)11-3-4-12(14-9-11)13(18)16-7-5-15(2)6-8-16/h3-4,9H,5-8H2,1-2H3. The van der Waals surface area contributed by atoms with Crippen LogP contribution in [0.25, 0.3) is 0 Å². The molecule has 1 aromatic heterocycles. The molecule has 0 aromatic carbocycles. The van der Waals surface area contributed by atoms with Gasteiger partial charge in [-0.2, -0.15) is 0 Å². The molecule has 18 heavy (non-hydrogen) atoms. The third kappa shape index (κ3) is 2.73. The molecule has 0 radical (unpaired) electrons. The Hall–Kier alpha value is -1.75. The van der Waals surface area contributed by atoms with Gasteiger partial charge in [-0.3, -0.25) is 14.6 Å². The molecule has 0 spiro atoms. The maximum absolute atomic E-state index is 12.1. The van der Waals surface area contributed by atoms with Crippen LogP contribution < -0.4 is 0 Å². The fraction of sp³-hybridized carbons (Fsp3) is 0.462. The summed E-state index contributed by atoms with van der Waals surface area (Å²) in [4.78, 5) is 31.3. The second kappa shape index (κ2) is 5.27. The predicted octanol–water partition coefficient (Wildman–Crippen LogP) is 0.672. The van der Waals surface area contributed by atoms with Gasteiger partial charge in [-0.15, -0.1) is 0 Å². The number of piperazine rings is 1. The van der Waals surface area contributed by atoms with Crippen molar-refractivity contribution in [2.24, 2.45) is 0 Å². The maximum Gasteiger partial charge on any atom is 0.272 e. The third-order valence-corrected chi connectivity index (χ3v) is 3.18. The summed E-state index contributed by atoms with van der Waals surface area (Å²) in [6.07, 6.45) is 1.46. The molecule has 2 rings (SSSR count). The average Bonchev–Trinajstić information content (AvgIpc) is 2.39. The van der Waals surface area contributed by atoms with Gasteiger partial charge in [-0.1, -0.05) is 0 Å². The van der Waals surface area contributed by atoms with Crippen molar-refractivity contribution in [2.75, 3.05) is 33.2 Å². The minimum absolute atomic E-state index is 0.0407. The number of carbonyl (C=O) groups excluding carboxylic acids is 2. The number of Topliss-reactive ketones (excluding diaryl/α,β-unsaturated/α-hetero) is 1. The Bertz CT molecular complexity index is 448. The van der Waals surface area contributed by atoms with Crippen LogP contribution in [0.4, 0.5) is 0 Å². The third-order valence-electron chi connectivity index (χ3n) is 3.18. The minimum atomic E-state index is -0.0572. The zero-order valence-electron chi connectivity index (χ0n) is 10.7. The van der Waals surface area contributed by atoms with E-state index in [0.29, 0.717) is 11.3 Å². The van der Waals surface area contributed by atoms with E-state index in [0.717, 1.165) is 26.2 Å². The van der Waals surface area contributed by atoms with Gasteiger partial charge in [0.25, 0.3) is 5.91 Å². The van der Waals surface area contributed by atoms with Crippen molar-refractivity contribution in [3.05, 3.63) is 29.6 Å². The summed E-state index contributed by atoms with van der Waals surface area (Å²) in [5.74, 6) is -0.0979. The second-order valence-electron chi connectivity index (χ2n) is 4.58. The van der Waals surface area contributed by atoms with E-state index >= 15 is 0 Å². The van der Waals surface area contributed by atoms with E-state index in [2.05, 4.69) is 9.88 Å². The first-order chi connectivity index (χ1) is 8.58. The number of hydrogen-bond acceptors (Lipinski definition) is 4. The van der Waals surface area contributed by atoms with E-state index in [1.165, 1.54) is 13.1 Å². The van der Waals surface area contributed by atoms with Crippen LogP contribution in [0, 0.1) is 0 Å². The summed E-state index contributed by atoms with van der Waals surface area (Å²) < 4.78 is 0. The molecule has 1 saturated heterocycles. The summed E-state index contributed by atoms with van der Waals surface area (Å²) in [5.41, 5.74) is 0.939. The van der Waals surface area contributed by atoms with Crippen molar-refractivity contribution in [3.63, 3.8) is 0 Å². The molecule has 2 heterocycles. The van der Waals surface area contributed by atoms with E-state index in [1.807, 2.05) is 7.05 Å². The Morgan fingerprint density at radius 3 is 2.33 bits per heavy atom. The predicted molar refractivity (Wildman–Crippen MR) is 67.6 cm³/mol. The number of amides is 1. The van der Waals surface area contributed by atoms with Crippen LogP contribution in [0.2, 0.25) is 0 Å². The van der Waals surface area contributed by atoms with Gasteiger partial charge in [0.1, 0.15) is 5.69 Å². The normalized spacial score (nSPS) is 16.7. The number of hydrogen-bond donors (Lipinski definition) is 0. The molecule has 1 aromatic rings. The number of rotatable bonds is 2. The van der Waals surface area contributed by atoms with Crippen LogP contribution in [-0.2, 0) is 0 Å². The zero-order valence-corrected chi connectivity index (χ0v) is 10.7. The Kier molecular flexibility index (Phi) is 3.72. The SMILES string of the molecule is CC(=O)c1ccc(C(=O)N2CCN(C)CC2)nc1. The molecule has 0 bridgehead atoms. The summed E-state index contributed by atoms with van der Waals surface area (Å²) in [7, 11) is 2.04. The second-order valence-corrected chi connectivity index (χ2v) is 4.58. The van der Waals surface area contributed by atoms with E-state index in [-0.39, 0.29) is 11.7 Å². The molecular weight excluding hydrogens is 230 g/mol. The number of carbonyl (C=O) groups is 2. The lowest BCUT2D eigenvalue weighted by atomic mass is 10.2. The van der Waals surface area contributed by atoms with Crippen molar-refractivity contribution >= 4 is 11.7 Å². The highest BCUT2D eigenvalue weighted by Crippen LogP contribution is 2.07. The first-order valence-electron chi connectivity index (χ1n) is 6.03. The van der Waals surface area contributed by atoms with Crippen LogP contribution in [0.3, 0.4) is 0 Å². The van der Waals surface area contributed by atoms with Gasteiger partial charge in [-0.05, 0) is 26.1 Å². The highest BCUT2D eigenvalue weighted by atomic mass is 16.2. The molecule has 0 unspecified atom stereocenters. The number of aromatic nitrogens is 1. The van der Waals surface area contributed by atoms with Crippen molar-refractivity contribution in [3.8, 4) is 0 Å². The van der Waals surface area contributed by atoms with Crippen LogP contribution in [0.1, 0.15) is 27.8 Å². The van der Waals surface area contributed by atoms with E-state index in [4.69, 9.17) is 0 Å². The van der Waals surface area contributed by atoms with Crippen LogP contribution in [0.5, 0.6) is 0 Å². The number of pyridine rings is 1. The number of likely N-dealkylation sites (N-methyl/N-ethyl adjacent to an activating group) is 1. The Balaban J connectivity index is 2.07. The van der Waals surface area contributed by atoms with Crippen LogP contribution in [-0.4, -0.2) is 59.7 Å². The lowest BCUT2D eigenvalue weighted by molar-refractivity contribution is 0.0658. The van der Waals surface area contributed by atoms with E-state index in [9.17, 15) is 9.59 Å². The minimum Gasteiger partial charge on any atom is -0.335 e. The highest BCUT2D eigenvalue weighted by Gasteiger charge is 2.21. The van der Waals surface area contributed by atoms with E-state index < -0.39 is 0 Å². The van der Waals surface area contributed by atoms with Crippen LogP contribution >= 0.6 is 0 Å². The molecule has 1 fully saturated rings. The van der Waals surface area contributed by atoms with Gasteiger partial charge in [0, 0.05) is 37.9 Å². The highest BCUT2D eigenvalue weighted by molar-refractivity contribution is 5.96. The lowest BCUT2D eigenvalue weighted by Crippen LogP contribution is -2.47. The lowest BCUT2D eigenvalue weighted by Gasteiger charge is -2.32. The van der Waals surface area contributed by atoms with Crippen LogP contribution in [0.15, 0.2) is 18.3 Å². The maximum atomic E-state index is 12.1. The van der Waals surface area contributed by atoms with Crippen molar-refractivity contribution in [1.82, 2.24) is 14.8 Å². The summed E-state index contributed by atoms with van der Waals surface area (Å²) in [6.45, 7) is 4.71. The molecule has 1 aliphatic heterocycles. The van der Waals surface area contributed by atoms with Gasteiger partial charge in [0.15, 0.2) is 5.78 Å². The van der Waals surface area contributed by atoms with Gasteiger partial charge in [0.2, 0.25) is 0 Å². The first-order valence-corrected chi connectivity index (χ1v) is 6.03. The molecular formula is C13H17N3O2. The molecule has 0 atom stereocenters. The van der Waals surface area contributed by atoms with Gasteiger partial charge >= 0.3 is 0 Å². The Morgan fingerprint density at radius 2 is 1.83 bits per heavy atom. The smallest absolute Gasteiger partial charge is 0.272 e. The van der Waals surface area contributed by atoms with Crippen molar-refractivity contribution < 1.29 is 9.59 Å². The van der Waals surface area contributed by atoms with Gasteiger partial charge in [0.05, 0.1) is 0 Å². The van der Waals surface area contributed by atoms with Gasteiger partial charge in [-0.25, -0.2) is 0 Å². The monoisotopic (exact) mass is 247 g/mol. The summed E-state index contributed by atoms with van der Waals surface area (Å²) in [6, 6.07) is 3.27. The molecule has 5 nitrogen and oxygen atoms in total. The van der Waals surface area contributed by atoms with E-state index in [1.54, 1.807) is 17.0 Å². The van der Waals surface area contributed by atoms with Crippen molar-refractivity contribution in [2.45, 2.75) is 6.92 Å². The summed E-state index contributed by atoms with van der Waals surface area (Å²) >= 11 is 0. The summed E-state index contributed by atoms with van der Waals surface area (Å²) in [5, 5.41) is 0. The zero-order chi connectivity index (χ0) is 13.1. The first kappa shape index (κ1) is 12.7. The fourth-order valence-electron chi connectivity index (χ4n) is 1.90.